The van der Waals surface area contributed by atoms with Gasteiger partial charge in [0.1, 0.15) is 11.5 Å². The van der Waals surface area contributed by atoms with Gasteiger partial charge in [-0.05, 0) is 13.8 Å². The molecule has 0 aromatic carbocycles. The molecule has 0 aliphatic carbocycles. The smallest absolute Gasteiger partial charge is 0.125 e. The average molecular weight is 177 g/mol. The molecule has 3 heteroatoms. The van der Waals surface area contributed by atoms with Crippen LogP contribution in [-0.4, -0.2) is 16.2 Å². The lowest BCUT2D eigenvalue weighted by atomic mass is 10.2. The summed E-state index contributed by atoms with van der Waals surface area (Å²) < 4.78 is 0. The van der Waals surface area contributed by atoms with Gasteiger partial charge in [0.15, 0.2) is 0 Å². The summed E-state index contributed by atoms with van der Waals surface area (Å²) in [7, 11) is 0. The molecule has 2 rings (SSSR count). The summed E-state index contributed by atoms with van der Waals surface area (Å²) >= 11 is 0. The predicted octanol–water partition coefficient (Wildman–Crippen LogP) is 2.38. The molecule has 1 aliphatic heterocycles. The second-order valence-corrected chi connectivity index (χ2v) is 2.67. The Bertz CT molecular complexity index is 329. The highest BCUT2D eigenvalue weighted by molar-refractivity contribution is 5.75. The van der Waals surface area contributed by atoms with Gasteiger partial charge in [-0.15, -0.1) is 0 Å². The van der Waals surface area contributed by atoms with Crippen molar-refractivity contribution in [2.24, 2.45) is 4.99 Å². The molecule has 70 valence electrons. The Morgan fingerprint density at radius 2 is 1.85 bits per heavy atom. The van der Waals surface area contributed by atoms with Crippen LogP contribution < -0.4 is 0 Å². The van der Waals surface area contributed by atoms with E-state index in [1.807, 2.05) is 33.9 Å². The van der Waals surface area contributed by atoms with Crippen molar-refractivity contribution in [3.63, 3.8) is 0 Å². The number of aliphatic imine (C=N–C) groups is 1. The summed E-state index contributed by atoms with van der Waals surface area (Å²) in [5.74, 6) is 0.840. The quantitative estimate of drug-likeness (QED) is 0.610. The third-order valence-corrected chi connectivity index (χ3v) is 1.75. The first kappa shape index (κ1) is 9.84. The highest BCUT2D eigenvalue weighted by Crippen LogP contribution is 2.24. The lowest BCUT2D eigenvalue weighted by Gasteiger charge is -2.00. The van der Waals surface area contributed by atoms with Crippen LogP contribution in [0.15, 0.2) is 4.99 Å². The fourth-order valence-electron chi connectivity index (χ4n) is 1.31. The predicted molar refractivity (Wildman–Crippen MR) is 54.7 cm³/mol. The highest BCUT2D eigenvalue weighted by atomic mass is 14.9. The summed E-state index contributed by atoms with van der Waals surface area (Å²) in [6.45, 7) is 7.88. The molecule has 0 atom stereocenters. The molecular weight excluding hydrogens is 162 g/mol. The molecule has 0 N–H and O–H groups in total. The molecule has 0 fully saturated rings. The molecule has 0 bridgehead atoms. The zero-order valence-electron chi connectivity index (χ0n) is 8.63. The van der Waals surface area contributed by atoms with Crippen LogP contribution in [0.2, 0.25) is 0 Å². The zero-order chi connectivity index (χ0) is 9.84. The van der Waals surface area contributed by atoms with Crippen molar-refractivity contribution in [1.82, 2.24) is 9.97 Å². The van der Waals surface area contributed by atoms with E-state index in [2.05, 4.69) is 15.0 Å². The zero-order valence-corrected chi connectivity index (χ0v) is 8.63. The van der Waals surface area contributed by atoms with Crippen LogP contribution in [0.5, 0.6) is 0 Å². The van der Waals surface area contributed by atoms with Gasteiger partial charge in [0, 0.05) is 12.6 Å². The van der Waals surface area contributed by atoms with Crippen molar-refractivity contribution >= 4 is 11.9 Å². The van der Waals surface area contributed by atoms with Gasteiger partial charge in [-0.3, -0.25) is 4.99 Å². The number of aromatic nitrogens is 2. The van der Waals surface area contributed by atoms with E-state index in [4.69, 9.17) is 0 Å². The molecule has 1 aliphatic rings. The Hall–Kier alpha value is -1.25. The first-order valence-corrected chi connectivity index (χ1v) is 4.64. The maximum atomic E-state index is 4.28. The van der Waals surface area contributed by atoms with Crippen molar-refractivity contribution in [2.45, 2.75) is 34.1 Å². The van der Waals surface area contributed by atoms with E-state index in [0.717, 1.165) is 29.3 Å². The van der Waals surface area contributed by atoms with Crippen LogP contribution in [0, 0.1) is 13.8 Å². The Morgan fingerprint density at radius 1 is 1.15 bits per heavy atom. The Labute approximate surface area is 79.0 Å². The van der Waals surface area contributed by atoms with Gasteiger partial charge in [-0.25, -0.2) is 9.97 Å². The normalized spacial score (nSPS) is 12.0. The number of hydrogen-bond donors (Lipinski definition) is 0. The number of nitrogens with zero attached hydrogens (tertiary/aromatic N) is 3. The fourth-order valence-corrected chi connectivity index (χ4v) is 1.31. The Balaban J connectivity index is 0.000000396. The van der Waals surface area contributed by atoms with Crippen LogP contribution in [-0.2, 0) is 6.42 Å². The molecule has 2 heterocycles. The first-order chi connectivity index (χ1) is 6.27. The van der Waals surface area contributed by atoms with E-state index in [-0.39, 0.29) is 0 Å². The molecule has 3 nitrogen and oxygen atoms in total. The number of hydrogen-bond acceptors (Lipinski definition) is 3. The van der Waals surface area contributed by atoms with E-state index in [1.165, 1.54) is 0 Å². The molecule has 0 radical (unpaired) electrons. The fraction of sp³-hybridized carbons (Fsp3) is 0.500. The minimum Gasteiger partial charge on any atom is -0.257 e. The van der Waals surface area contributed by atoms with E-state index >= 15 is 0 Å². The molecule has 1 aromatic heterocycles. The van der Waals surface area contributed by atoms with Gasteiger partial charge in [0.2, 0.25) is 0 Å². The summed E-state index contributed by atoms with van der Waals surface area (Å²) in [4.78, 5) is 12.7. The first-order valence-electron chi connectivity index (χ1n) is 4.64. The number of aryl methyl sites for hydroxylation is 2. The standard InChI is InChI=1S/C8H9N3.C2H6/c1-5-8-7(3-4-9-8)11-6(2)10-5;1-2/h4H,3H2,1-2H3;1-2H3. The van der Waals surface area contributed by atoms with E-state index in [0.29, 0.717) is 0 Å². The van der Waals surface area contributed by atoms with Gasteiger partial charge < -0.3 is 0 Å². The topological polar surface area (TPSA) is 38.1 Å². The Morgan fingerprint density at radius 3 is 2.54 bits per heavy atom. The average Bonchev–Trinajstić information content (AvgIpc) is 2.55. The summed E-state index contributed by atoms with van der Waals surface area (Å²) in [6.07, 6.45) is 2.74. The van der Waals surface area contributed by atoms with Crippen molar-refractivity contribution in [1.29, 1.82) is 0 Å². The SMILES string of the molecule is CC.Cc1nc(C)c2c(n1)CC=N2. The molecule has 0 unspecified atom stereocenters. The van der Waals surface area contributed by atoms with E-state index in [1.54, 1.807) is 0 Å². The molecule has 1 aromatic rings. The van der Waals surface area contributed by atoms with Crippen LogP contribution in [0.1, 0.15) is 31.1 Å². The van der Waals surface area contributed by atoms with E-state index < -0.39 is 0 Å². The second-order valence-electron chi connectivity index (χ2n) is 2.67. The Kier molecular flexibility index (Phi) is 3.12. The minimum absolute atomic E-state index is 0.840. The largest absolute Gasteiger partial charge is 0.257 e. The molecule has 13 heavy (non-hydrogen) atoms. The van der Waals surface area contributed by atoms with E-state index in [9.17, 15) is 0 Å². The van der Waals surface area contributed by atoms with Gasteiger partial charge in [0.25, 0.3) is 0 Å². The summed E-state index contributed by atoms with van der Waals surface area (Å²) in [5, 5.41) is 0. The molecule has 0 saturated carbocycles. The number of fused-ring (bicyclic) bond motifs is 1. The highest BCUT2D eigenvalue weighted by Gasteiger charge is 2.11. The van der Waals surface area contributed by atoms with Crippen LogP contribution in [0.3, 0.4) is 0 Å². The van der Waals surface area contributed by atoms with Gasteiger partial charge in [0.05, 0.1) is 11.4 Å². The van der Waals surface area contributed by atoms with Crippen LogP contribution in [0.25, 0.3) is 0 Å². The van der Waals surface area contributed by atoms with Gasteiger partial charge in [-0.2, -0.15) is 0 Å². The van der Waals surface area contributed by atoms with Crippen molar-refractivity contribution in [3.05, 3.63) is 17.2 Å². The van der Waals surface area contributed by atoms with Gasteiger partial charge in [-0.1, -0.05) is 13.8 Å². The van der Waals surface area contributed by atoms with Crippen LogP contribution in [0.4, 0.5) is 5.69 Å². The van der Waals surface area contributed by atoms with Gasteiger partial charge >= 0.3 is 0 Å². The van der Waals surface area contributed by atoms with Crippen LogP contribution >= 0.6 is 0 Å². The molecule has 0 spiro atoms. The molecule has 0 saturated heterocycles. The van der Waals surface area contributed by atoms with Crippen molar-refractivity contribution in [2.75, 3.05) is 0 Å². The van der Waals surface area contributed by atoms with Crippen molar-refractivity contribution < 1.29 is 0 Å². The summed E-state index contributed by atoms with van der Waals surface area (Å²) in [5.41, 5.74) is 3.02. The van der Waals surface area contributed by atoms with Crippen molar-refractivity contribution in [3.8, 4) is 0 Å². The number of rotatable bonds is 0. The second kappa shape index (κ2) is 4.12. The summed E-state index contributed by atoms with van der Waals surface area (Å²) in [6, 6.07) is 0. The lowest BCUT2D eigenvalue weighted by Crippen LogP contribution is -1.95. The minimum atomic E-state index is 0.840. The maximum absolute atomic E-state index is 4.28. The third kappa shape index (κ3) is 1.91. The molecule has 0 amide bonds. The maximum Gasteiger partial charge on any atom is 0.125 e. The monoisotopic (exact) mass is 177 g/mol. The molecular formula is C10H15N3. The third-order valence-electron chi connectivity index (χ3n) is 1.75. The lowest BCUT2D eigenvalue weighted by molar-refractivity contribution is 0.975.